The van der Waals surface area contributed by atoms with E-state index in [-0.39, 0.29) is 53.4 Å². The standard InChI is InChI=1S/C39H43N9O8S/c1-3-6-28-9-5-10-29(38(28)51)19-42-44-37(50)24-47-13-11-46(12-14-47)21-26-7-4-8-27(15-26)22-48-23-30(43-45-48)20-41-36(49)17-32-25(2)31-16-35(57(53,54)55)33(40)18-34(31)56-39(32)52/h3-5,7-10,15-16,18-19,23,51H,1,6,11-14,17,20-22,24,40H2,2H3,(H,41,49)(H,44,50)(H,53,54,55)/b42-19+. The number of amides is 2. The molecule has 18 heteroatoms. The summed E-state index contributed by atoms with van der Waals surface area (Å²) in [5, 5.41) is 25.7. The lowest BCUT2D eigenvalue weighted by Crippen LogP contribution is -2.48. The van der Waals surface area contributed by atoms with Crippen LogP contribution < -0.4 is 22.1 Å². The Balaban J connectivity index is 0.952. The highest BCUT2D eigenvalue weighted by Gasteiger charge is 2.22. The first-order valence-corrected chi connectivity index (χ1v) is 19.5. The lowest BCUT2D eigenvalue weighted by atomic mass is 10.0. The van der Waals surface area contributed by atoms with E-state index in [1.807, 2.05) is 24.3 Å². The fraction of sp³-hybridized carbons (Fsp3) is 0.282. The van der Waals surface area contributed by atoms with Crippen LogP contribution in [0.2, 0.25) is 0 Å². The molecule has 0 bridgehead atoms. The van der Waals surface area contributed by atoms with Gasteiger partial charge in [0, 0.05) is 49.7 Å². The number of benzene rings is 3. The predicted molar refractivity (Wildman–Crippen MR) is 212 cm³/mol. The number of para-hydroxylation sites is 1. The number of nitrogen functional groups attached to an aromatic ring is 1. The number of allylic oxidation sites excluding steroid dienone is 1. The van der Waals surface area contributed by atoms with Crippen molar-refractivity contribution in [1.82, 2.24) is 35.5 Å². The Bertz CT molecular complexity index is 2510. The summed E-state index contributed by atoms with van der Waals surface area (Å²) in [6.45, 7) is 9.74. The number of aromatic hydroxyl groups is 1. The van der Waals surface area contributed by atoms with Gasteiger partial charge in [0.2, 0.25) is 5.91 Å². The number of anilines is 1. The molecule has 5 aromatic rings. The minimum absolute atomic E-state index is 0.0274. The third-order valence-electron chi connectivity index (χ3n) is 9.57. The molecule has 298 valence electrons. The van der Waals surface area contributed by atoms with E-state index >= 15 is 0 Å². The zero-order chi connectivity index (χ0) is 40.7. The number of aromatic nitrogens is 3. The number of piperazine rings is 1. The lowest BCUT2D eigenvalue weighted by Gasteiger charge is -2.34. The van der Waals surface area contributed by atoms with Crippen molar-refractivity contribution >= 4 is 44.8 Å². The highest BCUT2D eigenvalue weighted by molar-refractivity contribution is 7.86. The van der Waals surface area contributed by atoms with Crippen molar-refractivity contribution in [2.24, 2.45) is 5.10 Å². The fourth-order valence-electron chi connectivity index (χ4n) is 6.59. The van der Waals surface area contributed by atoms with Crippen molar-refractivity contribution in [3.63, 3.8) is 0 Å². The monoisotopic (exact) mass is 797 g/mol. The molecule has 17 nitrogen and oxygen atoms in total. The Labute approximate surface area is 328 Å². The highest BCUT2D eigenvalue weighted by atomic mass is 32.2. The van der Waals surface area contributed by atoms with Gasteiger partial charge in [-0.1, -0.05) is 47.7 Å². The van der Waals surface area contributed by atoms with Gasteiger partial charge < -0.3 is 20.6 Å². The first-order chi connectivity index (χ1) is 27.3. The van der Waals surface area contributed by atoms with Crippen molar-refractivity contribution in [2.45, 2.75) is 44.3 Å². The van der Waals surface area contributed by atoms with Gasteiger partial charge in [-0.25, -0.2) is 14.9 Å². The van der Waals surface area contributed by atoms with Gasteiger partial charge in [-0.2, -0.15) is 13.5 Å². The summed E-state index contributed by atoms with van der Waals surface area (Å²) in [7, 11) is -4.63. The summed E-state index contributed by atoms with van der Waals surface area (Å²) < 4.78 is 40.0. The molecule has 2 aromatic heterocycles. The van der Waals surface area contributed by atoms with Crippen molar-refractivity contribution in [3.05, 3.63) is 123 Å². The van der Waals surface area contributed by atoms with Gasteiger partial charge in [0.25, 0.3) is 16.0 Å². The second kappa shape index (κ2) is 17.7. The molecule has 1 aliphatic rings. The maximum atomic E-state index is 12.8. The fourth-order valence-corrected chi connectivity index (χ4v) is 7.22. The Morgan fingerprint density at radius 1 is 1.04 bits per heavy atom. The molecule has 3 aromatic carbocycles. The van der Waals surface area contributed by atoms with Crippen molar-refractivity contribution in [1.29, 1.82) is 0 Å². The zero-order valence-electron chi connectivity index (χ0n) is 31.2. The maximum absolute atomic E-state index is 12.8. The highest BCUT2D eigenvalue weighted by Crippen LogP contribution is 2.28. The second-order valence-electron chi connectivity index (χ2n) is 13.7. The number of phenols is 1. The Morgan fingerprint density at radius 2 is 1.75 bits per heavy atom. The predicted octanol–water partition coefficient (Wildman–Crippen LogP) is 2.13. The smallest absolute Gasteiger partial charge is 0.340 e. The number of carbonyl (C=O) groups is 2. The van der Waals surface area contributed by atoms with E-state index < -0.39 is 26.5 Å². The van der Waals surface area contributed by atoms with Crippen LogP contribution in [0.25, 0.3) is 11.0 Å². The molecular formula is C39H43N9O8S. The number of hydrazone groups is 1. The van der Waals surface area contributed by atoms with Crippen LogP contribution in [0.4, 0.5) is 5.69 Å². The number of nitrogens with zero attached hydrogens (tertiary/aromatic N) is 6. The average molecular weight is 798 g/mol. The number of hydrogen-bond acceptors (Lipinski definition) is 13. The van der Waals surface area contributed by atoms with Crippen LogP contribution >= 0.6 is 0 Å². The molecular weight excluding hydrogens is 755 g/mol. The van der Waals surface area contributed by atoms with Gasteiger partial charge in [0.1, 0.15) is 21.9 Å². The third kappa shape index (κ3) is 10.4. The Morgan fingerprint density at radius 3 is 2.49 bits per heavy atom. The molecule has 0 atom stereocenters. The van der Waals surface area contributed by atoms with E-state index in [4.69, 9.17) is 10.2 Å². The van der Waals surface area contributed by atoms with Crippen LogP contribution in [-0.4, -0.2) is 93.6 Å². The first kappa shape index (κ1) is 40.5. The summed E-state index contributed by atoms with van der Waals surface area (Å²) in [5.41, 5.74) is 11.5. The quantitative estimate of drug-likeness (QED) is 0.0255. The minimum Gasteiger partial charge on any atom is -0.507 e. The van der Waals surface area contributed by atoms with Crippen LogP contribution in [0.3, 0.4) is 0 Å². The summed E-state index contributed by atoms with van der Waals surface area (Å²) in [4.78, 5) is 42.0. The number of hydrogen-bond donors (Lipinski definition) is 5. The summed E-state index contributed by atoms with van der Waals surface area (Å²) in [6.07, 6.45) is 5.05. The molecule has 0 radical (unpaired) electrons. The lowest BCUT2D eigenvalue weighted by molar-refractivity contribution is -0.122. The second-order valence-corrected chi connectivity index (χ2v) is 15.1. The molecule has 57 heavy (non-hydrogen) atoms. The number of nitrogens with one attached hydrogen (secondary N) is 2. The molecule has 0 aliphatic carbocycles. The van der Waals surface area contributed by atoms with Crippen molar-refractivity contribution in [2.75, 3.05) is 38.5 Å². The van der Waals surface area contributed by atoms with Gasteiger partial charge in [-0.05, 0) is 47.7 Å². The van der Waals surface area contributed by atoms with Gasteiger partial charge in [-0.15, -0.1) is 11.7 Å². The zero-order valence-corrected chi connectivity index (χ0v) is 32.0. The molecule has 6 N–H and O–H groups in total. The average Bonchev–Trinajstić information content (AvgIpc) is 3.61. The van der Waals surface area contributed by atoms with Crippen LogP contribution in [0.15, 0.2) is 92.7 Å². The molecule has 6 rings (SSSR count). The molecule has 0 spiro atoms. The minimum atomic E-state index is -4.63. The van der Waals surface area contributed by atoms with Crippen LogP contribution in [0.5, 0.6) is 5.75 Å². The number of aryl methyl sites for hydroxylation is 1. The molecule has 2 amide bonds. The third-order valence-corrected chi connectivity index (χ3v) is 10.5. The Kier molecular flexibility index (Phi) is 12.6. The molecule has 1 aliphatic heterocycles. The van der Waals surface area contributed by atoms with Crippen molar-refractivity contribution < 1.29 is 32.1 Å². The van der Waals surface area contributed by atoms with Gasteiger partial charge in [-0.3, -0.25) is 23.9 Å². The number of carbonyl (C=O) groups excluding carboxylic acids is 2. The van der Waals surface area contributed by atoms with E-state index in [0.717, 1.165) is 61.5 Å². The van der Waals surface area contributed by atoms with Crippen LogP contribution in [0, 0.1) is 6.92 Å². The first-order valence-electron chi connectivity index (χ1n) is 18.0. The summed E-state index contributed by atoms with van der Waals surface area (Å²) in [5.74, 6) is -0.605. The topological polar surface area (TPSA) is 239 Å². The van der Waals surface area contributed by atoms with E-state index in [1.165, 1.54) is 6.21 Å². The SMILES string of the molecule is C=CCc1cccc(/C=N/NC(=O)CN2CCN(Cc3cccc(Cn4cc(CNC(=O)Cc5c(C)c6cc(S(=O)(=O)O)c(N)cc6oc5=O)nn4)c3)CC2)c1O. The normalized spacial score (nSPS) is 13.9. The van der Waals surface area contributed by atoms with Crippen LogP contribution in [-0.2, 0) is 52.2 Å². The number of rotatable bonds is 15. The number of nitrogens with two attached hydrogens (primary N) is 1. The largest absolute Gasteiger partial charge is 0.507 e. The molecule has 3 heterocycles. The van der Waals surface area contributed by atoms with E-state index in [9.17, 15) is 32.5 Å². The molecule has 0 unspecified atom stereocenters. The van der Waals surface area contributed by atoms with Gasteiger partial charge in [0.15, 0.2) is 0 Å². The summed E-state index contributed by atoms with van der Waals surface area (Å²) in [6, 6.07) is 15.8. The van der Waals surface area contributed by atoms with E-state index in [2.05, 4.69) is 54.7 Å². The number of fused-ring (bicyclic) bond motifs is 1. The molecule has 0 saturated carbocycles. The van der Waals surface area contributed by atoms with Crippen LogP contribution in [0.1, 0.15) is 39.1 Å². The van der Waals surface area contributed by atoms with Gasteiger partial charge >= 0.3 is 5.63 Å². The Hall–Kier alpha value is -6.21. The van der Waals surface area contributed by atoms with E-state index in [0.29, 0.717) is 29.8 Å². The number of phenolic OH excluding ortho intramolecular Hbond substituents is 1. The summed E-state index contributed by atoms with van der Waals surface area (Å²) >= 11 is 0. The molecule has 1 fully saturated rings. The molecule has 1 saturated heterocycles. The van der Waals surface area contributed by atoms with Gasteiger partial charge in [0.05, 0.1) is 49.7 Å². The van der Waals surface area contributed by atoms with Crippen molar-refractivity contribution in [3.8, 4) is 5.75 Å². The van der Waals surface area contributed by atoms with E-state index in [1.54, 1.807) is 29.9 Å². The maximum Gasteiger partial charge on any atom is 0.340 e.